The van der Waals surface area contributed by atoms with E-state index in [4.69, 9.17) is 0 Å². The van der Waals surface area contributed by atoms with E-state index in [9.17, 15) is 9.90 Å². The minimum Gasteiger partial charge on any atom is -0.395 e. The number of rotatable bonds is 5. The van der Waals surface area contributed by atoms with Crippen LogP contribution in [0, 0.1) is 0 Å². The SMILES string of the molecule is CC(C)N(C(=O)CN1CCCCC1CO)C(C)C. The van der Waals surface area contributed by atoms with Crippen molar-refractivity contribution >= 4 is 5.91 Å². The van der Waals surface area contributed by atoms with E-state index in [1.807, 2.05) is 4.90 Å². The monoisotopic (exact) mass is 256 g/mol. The first-order chi connectivity index (χ1) is 8.47. The highest BCUT2D eigenvalue weighted by atomic mass is 16.3. The number of hydrogen-bond donors (Lipinski definition) is 1. The summed E-state index contributed by atoms with van der Waals surface area (Å²) in [6, 6.07) is 0.633. The van der Waals surface area contributed by atoms with Crippen LogP contribution in [0.5, 0.6) is 0 Å². The predicted molar refractivity (Wildman–Crippen MR) is 73.4 cm³/mol. The molecule has 4 nitrogen and oxygen atoms in total. The Hall–Kier alpha value is -0.610. The summed E-state index contributed by atoms with van der Waals surface area (Å²) in [7, 11) is 0. The van der Waals surface area contributed by atoms with Crippen molar-refractivity contribution in [2.24, 2.45) is 0 Å². The number of amides is 1. The number of likely N-dealkylation sites (tertiary alicyclic amines) is 1. The summed E-state index contributed by atoms with van der Waals surface area (Å²) in [6.45, 7) is 9.75. The van der Waals surface area contributed by atoms with Gasteiger partial charge in [0.25, 0.3) is 0 Å². The van der Waals surface area contributed by atoms with Crippen LogP contribution >= 0.6 is 0 Å². The van der Waals surface area contributed by atoms with Gasteiger partial charge in [0.2, 0.25) is 5.91 Å². The molecule has 1 unspecified atom stereocenters. The lowest BCUT2D eigenvalue weighted by atomic mass is 10.0. The number of nitrogens with zero attached hydrogens (tertiary/aromatic N) is 2. The van der Waals surface area contributed by atoms with Gasteiger partial charge < -0.3 is 10.0 Å². The van der Waals surface area contributed by atoms with Gasteiger partial charge in [-0.25, -0.2) is 0 Å². The van der Waals surface area contributed by atoms with Gasteiger partial charge in [-0.3, -0.25) is 9.69 Å². The van der Waals surface area contributed by atoms with Crippen LogP contribution in [0.2, 0.25) is 0 Å². The van der Waals surface area contributed by atoms with Gasteiger partial charge in [0.15, 0.2) is 0 Å². The Morgan fingerprint density at radius 1 is 1.28 bits per heavy atom. The molecule has 0 spiro atoms. The van der Waals surface area contributed by atoms with E-state index in [-0.39, 0.29) is 30.6 Å². The van der Waals surface area contributed by atoms with Gasteiger partial charge in [-0.15, -0.1) is 0 Å². The van der Waals surface area contributed by atoms with Crippen molar-refractivity contribution in [3.05, 3.63) is 0 Å². The summed E-state index contributed by atoms with van der Waals surface area (Å²) in [4.78, 5) is 16.4. The van der Waals surface area contributed by atoms with E-state index in [0.717, 1.165) is 25.8 Å². The van der Waals surface area contributed by atoms with E-state index < -0.39 is 0 Å². The molecule has 1 aliphatic heterocycles. The molecule has 0 radical (unpaired) electrons. The fourth-order valence-electron chi connectivity index (χ4n) is 2.90. The van der Waals surface area contributed by atoms with Crippen molar-refractivity contribution in [2.45, 2.75) is 65.1 Å². The molecule has 4 heteroatoms. The topological polar surface area (TPSA) is 43.8 Å². The van der Waals surface area contributed by atoms with E-state index in [0.29, 0.717) is 6.54 Å². The maximum atomic E-state index is 12.4. The molecule has 0 aliphatic carbocycles. The molecule has 0 aromatic carbocycles. The van der Waals surface area contributed by atoms with Gasteiger partial charge in [0.05, 0.1) is 13.2 Å². The van der Waals surface area contributed by atoms with Gasteiger partial charge in [-0.05, 0) is 47.1 Å². The van der Waals surface area contributed by atoms with E-state index in [1.54, 1.807) is 0 Å². The number of piperidine rings is 1. The third kappa shape index (κ3) is 3.95. The van der Waals surface area contributed by atoms with Crippen LogP contribution < -0.4 is 0 Å². The summed E-state index contributed by atoms with van der Waals surface area (Å²) < 4.78 is 0. The van der Waals surface area contributed by atoms with E-state index in [2.05, 4.69) is 32.6 Å². The third-order valence-electron chi connectivity index (χ3n) is 3.70. The highest BCUT2D eigenvalue weighted by molar-refractivity contribution is 5.78. The summed E-state index contributed by atoms with van der Waals surface area (Å²) >= 11 is 0. The summed E-state index contributed by atoms with van der Waals surface area (Å²) in [5.41, 5.74) is 0. The van der Waals surface area contributed by atoms with Crippen molar-refractivity contribution in [1.29, 1.82) is 0 Å². The smallest absolute Gasteiger partial charge is 0.237 e. The first-order valence-electron chi connectivity index (χ1n) is 7.13. The fraction of sp³-hybridized carbons (Fsp3) is 0.929. The fourth-order valence-corrected chi connectivity index (χ4v) is 2.90. The Bertz CT molecular complexity index is 259. The molecule has 1 amide bonds. The van der Waals surface area contributed by atoms with Gasteiger partial charge in [-0.2, -0.15) is 0 Å². The lowest BCUT2D eigenvalue weighted by Gasteiger charge is -2.37. The molecule has 106 valence electrons. The minimum atomic E-state index is 0.163. The third-order valence-corrected chi connectivity index (χ3v) is 3.70. The maximum Gasteiger partial charge on any atom is 0.237 e. The highest BCUT2D eigenvalue weighted by Crippen LogP contribution is 2.17. The van der Waals surface area contributed by atoms with Crippen LogP contribution in [0.4, 0.5) is 0 Å². The molecule has 1 heterocycles. The van der Waals surface area contributed by atoms with Crippen LogP contribution in [0.25, 0.3) is 0 Å². The Kier molecular flexibility index (Phi) is 6.09. The maximum absolute atomic E-state index is 12.4. The number of aliphatic hydroxyl groups is 1. The van der Waals surface area contributed by atoms with Crippen LogP contribution in [0.1, 0.15) is 47.0 Å². The molecular weight excluding hydrogens is 228 g/mol. The highest BCUT2D eigenvalue weighted by Gasteiger charge is 2.27. The van der Waals surface area contributed by atoms with Gasteiger partial charge >= 0.3 is 0 Å². The first-order valence-corrected chi connectivity index (χ1v) is 7.13. The molecule has 1 saturated heterocycles. The van der Waals surface area contributed by atoms with Crippen molar-refractivity contribution in [3.63, 3.8) is 0 Å². The van der Waals surface area contributed by atoms with Crippen LogP contribution in [-0.2, 0) is 4.79 Å². The van der Waals surface area contributed by atoms with Crippen LogP contribution in [0.3, 0.4) is 0 Å². The molecule has 1 N–H and O–H groups in total. The zero-order valence-corrected chi connectivity index (χ0v) is 12.2. The largest absolute Gasteiger partial charge is 0.395 e. The Morgan fingerprint density at radius 2 is 1.89 bits per heavy atom. The zero-order chi connectivity index (χ0) is 13.7. The van der Waals surface area contributed by atoms with Crippen molar-refractivity contribution in [1.82, 2.24) is 9.80 Å². The zero-order valence-electron chi connectivity index (χ0n) is 12.2. The van der Waals surface area contributed by atoms with Gasteiger partial charge in [0, 0.05) is 18.1 Å². The molecule has 18 heavy (non-hydrogen) atoms. The standard InChI is InChI=1S/C14H28N2O2/c1-11(2)16(12(3)4)14(18)9-15-8-6-5-7-13(15)10-17/h11-13,17H,5-10H2,1-4H3. The van der Waals surface area contributed by atoms with E-state index >= 15 is 0 Å². The average Bonchev–Trinajstić information content (AvgIpc) is 2.28. The van der Waals surface area contributed by atoms with E-state index in [1.165, 1.54) is 0 Å². The summed E-state index contributed by atoms with van der Waals surface area (Å²) in [5.74, 6) is 0.181. The quantitative estimate of drug-likeness (QED) is 0.810. The molecule has 1 rings (SSSR count). The first kappa shape index (κ1) is 15.4. The summed E-state index contributed by atoms with van der Waals surface area (Å²) in [6.07, 6.45) is 3.30. The number of carbonyl (C=O) groups is 1. The lowest BCUT2D eigenvalue weighted by Crippen LogP contribution is -2.51. The molecule has 0 bridgehead atoms. The van der Waals surface area contributed by atoms with Crippen molar-refractivity contribution in [2.75, 3.05) is 19.7 Å². The Balaban J connectivity index is 2.61. The lowest BCUT2D eigenvalue weighted by molar-refractivity contribution is -0.137. The summed E-state index contributed by atoms with van der Waals surface area (Å²) in [5, 5.41) is 9.36. The number of hydrogen-bond acceptors (Lipinski definition) is 3. The van der Waals surface area contributed by atoms with Crippen molar-refractivity contribution in [3.8, 4) is 0 Å². The van der Waals surface area contributed by atoms with Crippen LogP contribution in [-0.4, -0.2) is 58.6 Å². The normalized spacial score (nSPS) is 21.6. The van der Waals surface area contributed by atoms with Crippen LogP contribution in [0.15, 0.2) is 0 Å². The molecule has 1 fully saturated rings. The van der Waals surface area contributed by atoms with Crippen molar-refractivity contribution < 1.29 is 9.90 Å². The molecule has 0 saturated carbocycles. The second-order valence-corrected chi connectivity index (χ2v) is 5.79. The average molecular weight is 256 g/mol. The predicted octanol–water partition coefficient (Wildman–Crippen LogP) is 1.48. The minimum absolute atomic E-state index is 0.163. The second-order valence-electron chi connectivity index (χ2n) is 5.79. The molecule has 0 aromatic rings. The second kappa shape index (κ2) is 7.10. The number of carbonyl (C=O) groups excluding carboxylic acids is 1. The van der Waals surface area contributed by atoms with Gasteiger partial charge in [0.1, 0.15) is 0 Å². The number of aliphatic hydroxyl groups excluding tert-OH is 1. The molecule has 1 aliphatic rings. The Morgan fingerprint density at radius 3 is 2.39 bits per heavy atom. The molecular formula is C14H28N2O2. The Labute approximate surface area is 111 Å². The molecule has 1 atom stereocenters. The van der Waals surface area contributed by atoms with Gasteiger partial charge in [-0.1, -0.05) is 6.42 Å². The molecule has 0 aromatic heterocycles.